The molecule has 1 aliphatic heterocycles. The minimum absolute atomic E-state index is 0.0962. The van der Waals surface area contributed by atoms with E-state index < -0.39 is 10.0 Å². The van der Waals surface area contributed by atoms with Crippen LogP contribution in [0.15, 0.2) is 29.2 Å². The average molecular weight is 409 g/mol. The van der Waals surface area contributed by atoms with Gasteiger partial charge in [0, 0.05) is 25.1 Å². The van der Waals surface area contributed by atoms with Gasteiger partial charge in [0.05, 0.1) is 11.4 Å². The van der Waals surface area contributed by atoms with Crippen LogP contribution in [0.3, 0.4) is 0 Å². The van der Waals surface area contributed by atoms with E-state index in [2.05, 4.69) is 22.4 Å². The topological polar surface area (TPSA) is 92.3 Å². The van der Waals surface area contributed by atoms with Crippen LogP contribution >= 0.6 is 11.3 Å². The Labute approximate surface area is 163 Å². The molecule has 0 unspecified atom stereocenters. The fourth-order valence-corrected chi connectivity index (χ4v) is 5.32. The van der Waals surface area contributed by atoms with Crippen molar-refractivity contribution < 1.29 is 13.2 Å². The summed E-state index contributed by atoms with van der Waals surface area (Å²) >= 11 is 1.45. The lowest BCUT2D eigenvalue weighted by Gasteiger charge is -2.25. The van der Waals surface area contributed by atoms with Crippen LogP contribution in [0.25, 0.3) is 0 Å². The zero-order valence-electron chi connectivity index (χ0n) is 15.3. The predicted molar refractivity (Wildman–Crippen MR) is 106 cm³/mol. The first-order chi connectivity index (χ1) is 13.0. The number of carbonyl (C=O) groups excluding carboxylic acids is 1. The number of carbonyl (C=O) groups is 1. The molecule has 2 aromatic rings. The number of hydrogen-bond acceptors (Lipinski definition) is 7. The highest BCUT2D eigenvalue weighted by atomic mass is 32.2. The first kappa shape index (κ1) is 19.9. The smallest absolute Gasteiger partial charge is 0.243 e. The molecule has 27 heavy (non-hydrogen) atoms. The zero-order chi connectivity index (χ0) is 19.3. The van der Waals surface area contributed by atoms with Gasteiger partial charge in [-0.1, -0.05) is 24.7 Å². The number of nitrogens with zero attached hydrogens (tertiary/aromatic N) is 3. The summed E-state index contributed by atoms with van der Waals surface area (Å²) in [5.74, 6) is -0.121. The van der Waals surface area contributed by atoms with Crippen molar-refractivity contribution in [3.05, 3.63) is 34.8 Å². The molecule has 0 aliphatic carbocycles. The van der Waals surface area contributed by atoms with Crippen molar-refractivity contribution in [1.29, 1.82) is 0 Å². The van der Waals surface area contributed by atoms with Gasteiger partial charge in [0.15, 0.2) is 5.78 Å². The van der Waals surface area contributed by atoms with Crippen LogP contribution in [-0.2, 0) is 16.4 Å². The number of aryl methyl sites for hydroxylation is 1. The van der Waals surface area contributed by atoms with Crippen molar-refractivity contribution in [2.45, 2.75) is 43.9 Å². The number of aromatic nitrogens is 2. The SMILES string of the molecule is CCCc1nnc(NCC(=O)c2ccc(S(=O)(=O)N3CCCCC3)cc2)s1. The van der Waals surface area contributed by atoms with Gasteiger partial charge in [0.25, 0.3) is 0 Å². The normalized spacial score (nSPS) is 15.6. The van der Waals surface area contributed by atoms with Crippen molar-refractivity contribution in [2.24, 2.45) is 0 Å². The largest absolute Gasteiger partial charge is 0.353 e. The van der Waals surface area contributed by atoms with Gasteiger partial charge in [-0.3, -0.25) is 4.79 Å². The Bertz CT molecular complexity index is 872. The number of nitrogens with one attached hydrogen (secondary N) is 1. The quantitative estimate of drug-likeness (QED) is 0.675. The van der Waals surface area contributed by atoms with E-state index in [4.69, 9.17) is 0 Å². The Morgan fingerprint density at radius 1 is 1.15 bits per heavy atom. The lowest BCUT2D eigenvalue weighted by Crippen LogP contribution is -2.35. The molecule has 1 aliphatic rings. The fraction of sp³-hybridized carbons (Fsp3) is 0.500. The molecule has 9 heteroatoms. The van der Waals surface area contributed by atoms with Crippen LogP contribution in [0.5, 0.6) is 0 Å². The van der Waals surface area contributed by atoms with Crippen LogP contribution in [-0.4, -0.2) is 48.3 Å². The summed E-state index contributed by atoms with van der Waals surface area (Å²) in [6, 6.07) is 6.18. The van der Waals surface area contributed by atoms with Crippen molar-refractivity contribution in [3.63, 3.8) is 0 Å². The van der Waals surface area contributed by atoms with E-state index in [1.54, 1.807) is 12.1 Å². The summed E-state index contributed by atoms with van der Waals surface area (Å²) in [6.07, 6.45) is 4.74. The highest BCUT2D eigenvalue weighted by Crippen LogP contribution is 2.21. The number of anilines is 1. The van der Waals surface area contributed by atoms with Gasteiger partial charge in [-0.25, -0.2) is 8.42 Å². The molecule has 0 bridgehead atoms. The van der Waals surface area contributed by atoms with Crippen molar-refractivity contribution in [2.75, 3.05) is 25.0 Å². The number of rotatable bonds is 8. The number of benzene rings is 1. The monoisotopic (exact) mass is 408 g/mol. The van der Waals surface area contributed by atoms with E-state index in [0.717, 1.165) is 37.1 Å². The summed E-state index contributed by atoms with van der Waals surface area (Å²) in [5.41, 5.74) is 0.471. The molecule has 3 rings (SSSR count). The molecule has 0 saturated carbocycles. The Morgan fingerprint density at radius 3 is 2.52 bits per heavy atom. The summed E-state index contributed by atoms with van der Waals surface area (Å²) in [6.45, 7) is 3.30. The maximum Gasteiger partial charge on any atom is 0.243 e. The molecule has 0 atom stereocenters. The minimum atomic E-state index is -3.47. The zero-order valence-corrected chi connectivity index (χ0v) is 17.0. The molecule has 1 aromatic heterocycles. The molecule has 1 N–H and O–H groups in total. The molecule has 1 aromatic carbocycles. The van der Waals surface area contributed by atoms with Crippen LogP contribution in [0.2, 0.25) is 0 Å². The third-order valence-electron chi connectivity index (χ3n) is 4.46. The number of hydrogen-bond donors (Lipinski definition) is 1. The van der Waals surface area contributed by atoms with E-state index in [-0.39, 0.29) is 17.2 Å². The van der Waals surface area contributed by atoms with E-state index in [1.807, 2.05) is 0 Å². The fourth-order valence-electron chi connectivity index (χ4n) is 2.97. The Morgan fingerprint density at radius 2 is 1.85 bits per heavy atom. The Kier molecular flexibility index (Phi) is 6.56. The second-order valence-corrected chi connectivity index (χ2v) is 9.52. The maximum atomic E-state index is 12.6. The van der Waals surface area contributed by atoms with Gasteiger partial charge in [0.2, 0.25) is 15.2 Å². The first-order valence-electron chi connectivity index (χ1n) is 9.20. The van der Waals surface area contributed by atoms with Crippen molar-refractivity contribution >= 4 is 32.3 Å². The summed E-state index contributed by atoms with van der Waals surface area (Å²) in [4.78, 5) is 12.6. The van der Waals surface area contributed by atoms with Gasteiger partial charge < -0.3 is 5.32 Å². The summed E-state index contributed by atoms with van der Waals surface area (Å²) in [7, 11) is -3.47. The average Bonchev–Trinajstić information content (AvgIpc) is 3.15. The Hall–Kier alpha value is -1.84. The van der Waals surface area contributed by atoms with Gasteiger partial charge in [-0.05, 0) is 43.5 Å². The number of Topliss-reactive ketones (excluding diaryl/α,β-unsaturated/α-hetero) is 1. The van der Waals surface area contributed by atoms with Crippen LogP contribution in [0, 0.1) is 0 Å². The summed E-state index contributed by atoms with van der Waals surface area (Å²) < 4.78 is 26.8. The van der Waals surface area contributed by atoms with Crippen LogP contribution in [0.4, 0.5) is 5.13 Å². The van der Waals surface area contributed by atoms with E-state index >= 15 is 0 Å². The molecule has 0 radical (unpaired) electrons. The lowest BCUT2D eigenvalue weighted by atomic mass is 10.1. The van der Waals surface area contributed by atoms with Crippen LogP contribution in [0.1, 0.15) is 48.0 Å². The third kappa shape index (κ3) is 4.91. The van der Waals surface area contributed by atoms with Crippen LogP contribution < -0.4 is 5.32 Å². The molecule has 1 saturated heterocycles. The molecular weight excluding hydrogens is 384 g/mol. The minimum Gasteiger partial charge on any atom is -0.353 e. The van der Waals surface area contributed by atoms with Gasteiger partial charge in [-0.15, -0.1) is 10.2 Å². The lowest BCUT2D eigenvalue weighted by molar-refractivity contribution is 0.101. The molecule has 1 fully saturated rings. The maximum absolute atomic E-state index is 12.6. The highest BCUT2D eigenvalue weighted by Gasteiger charge is 2.25. The number of piperidine rings is 1. The molecule has 0 spiro atoms. The van der Waals surface area contributed by atoms with E-state index in [1.165, 1.54) is 27.8 Å². The third-order valence-corrected chi connectivity index (χ3v) is 7.31. The second kappa shape index (κ2) is 8.90. The second-order valence-electron chi connectivity index (χ2n) is 6.52. The van der Waals surface area contributed by atoms with Gasteiger partial charge in [-0.2, -0.15) is 4.31 Å². The van der Waals surface area contributed by atoms with Crippen molar-refractivity contribution in [3.8, 4) is 0 Å². The van der Waals surface area contributed by atoms with Crippen molar-refractivity contribution in [1.82, 2.24) is 14.5 Å². The predicted octanol–water partition coefficient (Wildman–Crippen LogP) is 2.96. The van der Waals surface area contributed by atoms with Gasteiger partial charge >= 0.3 is 0 Å². The standard InChI is InChI=1S/C18H24N4O3S2/c1-2-6-17-20-21-18(26-17)19-13-16(23)14-7-9-15(10-8-14)27(24,25)22-11-4-3-5-12-22/h7-10H,2-6,11-13H2,1H3,(H,19,21). The number of sulfonamides is 1. The van der Waals surface area contributed by atoms with Gasteiger partial charge in [0.1, 0.15) is 5.01 Å². The molecule has 2 heterocycles. The summed E-state index contributed by atoms with van der Waals surface area (Å²) in [5, 5.41) is 12.6. The molecule has 7 nitrogen and oxygen atoms in total. The number of ketones is 1. The van der Waals surface area contributed by atoms with E-state index in [9.17, 15) is 13.2 Å². The molecular formula is C18H24N4O3S2. The molecule has 0 amide bonds. The molecule has 146 valence electrons. The Balaban J connectivity index is 1.61. The highest BCUT2D eigenvalue weighted by molar-refractivity contribution is 7.89. The van der Waals surface area contributed by atoms with E-state index in [0.29, 0.717) is 23.8 Å². The first-order valence-corrected chi connectivity index (χ1v) is 11.5.